The summed E-state index contributed by atoms with van der Waals surface area (Å²) >= 11 is 0. The molecular weight excluding hydrogens is 504 g/mol. The van der Waals surface area contributed by atoms with E-state index in [4.69, 9.17) is 14.9 Å². The average molecular weight is 541 g/mol. The summed E-state index contributed by atoms with van der Waals surface area (Å²) in [6.07, 6.45) is 0.755. The Morgan fingerprint density at radius 2 is 1.40 bits per heavy atom. The molecule has 0 saturated carbocycles. The summed E-state index contributed by atoms with van der Waals surface area (Å²) in [5.74, 6) is 0.0123. The lowest BCUT2D eigenvalue weighted by atomic mass is 10.1. The summed E-state index contributed by atoms with van der Waals surface area (Å²) < 4.78 is 11.7. The Kier molecular flexibility index (Phi) is 8.89. The van der Waals surface area contributed by atoms with Crippen molar-refractivity contribution in [2.45, 2.75) is 33.3 Å². The fraction of sp³-hybridized carbons (Fsp3) is 0.281. The highest BCUT2D eigenvalue weighted by molar-refractivity contribution is 6.06. The number of amides is 2. The molecule has 0 unspecified atom stereocenters. The average Bonchev–Trinajstić information content (AvgIpc) is 2.94. The summed E-state index contributed by atoms with van der Waals surface area (Å²) in [5.41, 5.74) is 3.54. The summed E-state index contributed by atoms with van der Waals surface area (Å²) in [4.78, 5) is 29.6. The number of benzene rings is 3. The molecule has 1 fully saturated rings. The molecule has 40 heavy (non-hydrogen) atoms. The van der Waals surface area contributed by atoms with Crippen molar-refractivity contribution in [3.63, 3.8) is 0 Å². The van der Waals surface area contributed by atoms with Gasteiger partial charge in [0.05, 0.1) is 0 Å². The van der Waals surface area contributed by atoms with Crippen molar-refractivity contribution in [3.05, 3.63) is 95.9 Å². The molecule has 0 radical (unpaired) electrons. The lowest BCUT2D eigenvalue weighted by molar-refractivity contribution is -0.115. The highest BCUT2D eigenvalue weighted by atomic mass is 16.6. The van der Waals surface area contributed by atoms with E-state index in [9.17, 15) is 9.59 Å². The lowest BCUT2D eigenvalue weighted by Gasteiger charge is -2.37. The Morgan fingerprint density at radius 1 is 0.825 bits per heavy atom. The van der Waals surface area contributed by atoms with Crippen LogP contribution < -0.4 is 10.1 Å². The molecule has 1 saturated heterocycles. The number of aryl methyl sites for hydroxylation is 1. The lowest BCUT2D eigenvalue weighted by Crippen LogP contribution is -2.50. The van der Waals surface area contributed by atoms with Crippen LogP contribution in [0.5, 0.6) is 5.75 Å². The van der Waals surface area contributed by atoms with Crippen LogP contribution >= 0.6 is 0 Å². The normalized spacial score (nSPS) is 14.2. The topological polar surface area (TPSA) is 95.0 Å². The molecular formula is C32H36N4O4. The highest BCUT2D eigenvalue weighted by Gasteiger charge is 2.29. The second-order valence-corrected chi connectivity index (χ2v) is 10.6. The molecule has 4 rings (SSSR count). The quantitative estimate of drug-likeness (QED) is 0.215. The molecule has 8 heteroatoms. The Balaban J connectivity index is 1.58. The maximum absolute atomic E-state index is 13.6. The van der Waals surface area contributed by atoms with Crippen LogP contribution in [0, 0.1) is 12.3 Å². The summed E-state index contributed by atoms with van der Waals surface area (Å²) in [6.45, 7) is 9.10. The smallest absolute Gasteiger partial charge is 0.410 e. The monoisotopic (exact) mass is 540 g/mol. The third kappa shape index (κ3) is 7.50. The molecule has 0 atom stereocenters. The molecule has 2 amide bonds. The number of allylic oxidation sites excluding steroid dienone is 1. The van der Waals surface area contributed by atoms with Gasteiger partial charge in [-0.1, -0.05) is 60.2 Å². The number of ether oxygens (including phenoxy) is 2. The van der Waals surface area contributed by atoms with Crippen LogP contribution in [0.3, 0.4) is 0 Å². The Hall–Kier alpha value is -4.59. The minimum absolute atomic E-state index is 0.00811. The number of nitrogens with one attached hydrogen (secondary N) is 2. The highest BCUT2D eigenvalue weighted by Crippen LogP contribution is 2.25. The van der Waals surface area contributed by atoms with E-state index in [2.05, 4.69) is 5.32 Å². The standard InChI is InChI=1S/C32H36N4O4/c1-23-10-14-26(15-11-23)34-30(37)29(39-27-16-12-25(13-17-27)24-8-6-5-7-9-24)28(22-33)35-18-20-36(21-19-35)31(38)40-32(2,3)4/h5-17,22,33H,18-21H2,1-4H3,(H,34,37)/b29-28-,33-22?. The minimum Gasteiger partial charge on any atom is -0.449 e. The van der Waals surface area contributed by atoms with Gasteiger partial charge in [-0.2, -0.15) is 0 Å². The van der Waals surface area contributed by atoms with Crippen molar-refractivity contribution in [1.29, 1.82) is 5.41 Å². The number of hydrogen-bond acceptors (Lipinski definition) is 6. The van der Waals surface area contributed by atoms with E-state index in [0.717, 1.165) is 22.9 Å². The van der Waals surface area contributed by atoms with Gasteiger partial charge in [0.1, 0.15) is 17.0 Å². The molecule has 8 nitrogen and oxygen atoms in total. The molecule has 1 aliphatic heterocycles. The Labute approximate surface area is 235 Å². The Bertz CT molecular complexity index is 1350. The van der Waals surface area contributed by atoms with E-state index in [-0.39, 0.29) is 11.9 Å². The fourth-order valence-electron chi connectivity index (χ4n) is 4.26. The second-order valence-electron chi connectivity index (χ2n) is 10.6. The summed E-state index contributed by atoms with van der Waals surface area (Å²) in [7, 11) is 0. The van der Waals surface area contributed by atoms with Gasteiger partial charge >= 0.3 is 6.09 Å². The van der Waals surface area contributed by atoms with Crippen LogP contribution in [0.1, 0.15) is 26.3 Å². The van der Waals surface area contributed by atoms with Crippen LogP contribution in [-0.4, -0.2) is 59.8 Å². The zero-order chi connectivity index (χ0) is 28.7. The predicted molar refractivity (Wildman–Crippen MR) is 158 cm³/mol. The van der Waals surface area contributed by atoms with E-state index < -0.39 is 11.5 Å². The van der Waals surface area contributed by atoms with Crippen LogP contribution in [0.2, 0.25) is 0 Å². The first-order chi connectivity index (χ1) is 19.1. The van der Waals surface area contributed by atoms with E-state index in [1.165, 1.54) is 0 Å². The van der Waals surface area contributed by atoms with Gasteiger partial charge in [0.15, 0.2) is 0 Å². The Morgan fingerprint density at radius 3 is 1.98 bits per heavy atom. The van der Waals surface area contributed by atoms with Crippen molar-refractivity contribution < 1.29 is 19.1 Å². The summed E-state index contributed by atoms with van der Waals surface area (Å²) in [5, 5.41) is 11.1. The van der Waals surface area contributed by atoms with Gasteiger partial charge in [0, 0.05) is 38.1 Å². The van der Waals surface area contributed by atoms with Crippen molar-refractivity contribution in [2.24, 2.45) is 0 Å². The molecule has 2 N–H and O–H groups in total. The fourth-order valence-corrected chi connectivity index (χ4v) is 4.26. The number of nitrogens with zero attached hydrogens (tertiary/aromatic N) is 2. The van der Waals surface area contributed by atoms with E-state index in [1.807, 2.05) is 111 Å². The van der Waals surface area contributed by atoms with Crippen molar-refractivity contribution in [2.75, 3.05) is 31.5 Å². The molecule has 208 valence electrons. The summed E-state index contributed by atoms with van der Waals surface area (Å²) in [6, 6.07) is 24.9. The SMILES string of the molecule is Cc1ccc(NC(=O)/C(Oc2ccc(-c3ccccc3)cc2)=C(\C=N)N2CCN(C(=O)OC(C)(C)C)CC2)cc1. The molecule has 3 aromatic carbocycles. The molecule has 1 aliphatic rings. The molecule has 0 aromatic heterocycles. The molecule has 0 bridgehead atoms. The number of carbonyl (C=O) groups excluding carboxylic acids is 2. The van der Waals surface area contributed by atoms with Crippen LogP contribution in [0.15, 0.2) is 90.3 Å². The van der Waals surface area contributed by atoms with Crippen molar-refractivity contribution in [1.82, 2.24) is 9.80 Å². The van der Waals surface area contributed by atoms with Gasteiger partial charge in [-0.25, -0.2) is 4.79 Å². The van der Waals surface area contributed by atoms with Crippen molar-refractivity contribution in [3.8, 4) is 16.9 Å². The first-order valence-corrected chi connectivity index (χ1v) is 13.3. The number of carbonyl (C=O) groups is 2. The van der Waals surface area contributed by atoms with E-state index in [1.54, 1.807) is 4.90 Å². The first-order valence-electron chi connectivity index (χ1n) is 13.3. The predicted octanol–water partition coefficient (Wildman–Crippen LogP) is 6.09. The number of piperazine rings is 1. The second kappa shape index (κ2) is 12.5. The van der Waals surface area contributed by atoms with Gasteiger partial charge < -0.3 is 30.0 Å². The van der Waals surface area contributed by atoms with E-state index in [0.29, 0.717) is 43.3 Å². The van der Waals surface area contributed by atoms with Gasteiger partial charge in [-0.05, 0) is 63.1 Å². The number of anilines is 1. The van der Waals surface area contributed by atoms with Crippen LogP contribution in [-0.2, 0) is 9.53 Å². The van der Waals surface area contributed by atoms with Gasteiger partial charge in [0.25, 0.3) is 5.91 Å². The largest absolute Gasteiger partial charge is 0.449 e. The maximum atomic E-state index is 13.6. The molecule has 0 aliphatic carbocycles. The van der Waals surface area contributed by atoms with Crippen LogP contribution in [0.4, 0.5) is 10.5 Å². The zero-order valence-electron chi connectivity index (χ0n) is 23.4. The number of rotatable bonds is 7. The first kappa shape index (κ1) is 28.4. The molecule has 3 aromatic rings. The zero-order valence-corrected chi connectivity index (χ0v) is 23.4. The van der Waals surface area contributed by atoms with Gasteiger partial charge in [0.2, 0.25) is 5.76 Å². The van der Waals surface area contributed by atoms with Crippen LogP contribution in [0.25, 0.3) is 11.1 Å². The molecule has 1 heterocycles. The van der Waals surface area contributed by atoms with E-state index >= 15 is 0 Å². The third-order valence-corrected chi connectivity index (χ3v) is 6.34. The van der Waals surface area contributed by atoms with Crippen molar-refractivity contribution >= 4 is 23.9 Å². The molecule has 0 spiro atoms. The maximum Gasteiger partial charge on any atom is 0.410 e. The third-order valence-electron chi connectivity index (χ3n) is 6.34. The number of hydrogen-bond donors (Lipinski definition) is 2. The van der Waals surface area contributed by atoms with Gasteiger partial charge in [-0.15, -0.1) is 0 Å². The van der Waals surface area contributed by atoms with Gasteiger partial charge in [-0.3, -0.25) is 4.79 Å². The minimum atomic E-state index is -0.584.